The molecule has 0 saturated heterocycles. The Kier molecular flexibility index (Phi) is 3.97. The van der Waals surface area contributed by atoms with Gasteiger partial charge in [-0.3, -0.25) is 0 Å². The van der Waals surface area contributed by atoms with Crippen LogP contribution in [0, 0.1) is 14.9 Å². The Morgan fingerprint density at radius 1 is 1.29 bits per heavy atom. The van der Waals surface area contributed by atoms with Crippen molar-refractivity contribution in [3.8, 4) is 6.07 Å². The van der Waals surface area contributed by atoms with E-state index in [0.29, 0.717) is 11.5 Å². The first-order valence-electron chi connectivity index (χ1n) is 4.78. The average molecular weight is 400 g/mol. The highest BCUT2D eigenvalue weighted by molar-refractivity contribution is 14.1. The van der Waals surface area contributed by atoms with E-state index in [1.54, 1.807) is 12.1 Å². The summed E-state index contributed by atoms with van der Waals surface area (Å²) in [5.74, 6) is 0.669. The fourth-order valence-electron chi connectivity index (χ4n) is 1.29. The summed E-state index contributed by atoms with van der Waals surface area (Å²) in [4.78, 5) is 4.15. The second kappa shape index (κ2) is 5.47. The van der Waals surface area contributed by atoms with Gasteiger partial charge in [-0.1, -0.05) is 6.07 Å². The maximum absolute atomic E-state index is 8.76. The molecule has 0 bridgehead atoms. The van der Waals surface area contributed by atoms with Crippen LogP contribution in [0.25, 0.3) is 0 Å². The first-order valence-corrected chi connectivity index (χ1v) is 6.65. The summed E-state index contributed by atoms with van der Waals surface area (Å²) in [5.41, 5.74) is 1.35. The third-order valence-corrected chi connectivity index (χ3v) is 4.38. The van der Waals surface area contributed by atoms with E-state index in [-0.39, 0.29) is 0 Å². The Labute approximate surface area is 121 Å². The molecule has 2 rings (SSSR count). The molecule has 0 atom stereocenters. The molecule has 0 unspecified atom stereocenters. The monoisotopic (exact) mass is 399 g/mol. The van der Waals surface area contributed by atoms with Gasteiger partial charge in [-0.25, -0.2) is 4.98 Å². The van der Waals surface area contributed by atoms with Gasteiger partial charge in [0.25, 0.3) is 0 Å². The summed E-state index contributed by atoms with van der Waals surface area (Å²) in [6, 6.07) is 13.3. The number of hydrogen-bond donors (Lipinski definition) is 1. The van der Waals surface area contributed by atoms with Gasteiger partial charge < -0.3 is 5.32 Å². The number of benzene rings is 1. The maximum Gasteiger partial charge on any atom is 0.142 e. The molecule has 0 saturated carbocycles. The Bertz CT molecular complexity index is 593. The fourth-order valence-corrected chi connectivity index (χ4v) is 2.05. The van der Waals surface area contributed by atoms with Crippen LogP contribution < -0.4 is 5.32 Å². The molecule has 1 heterocycles. The second-order valence-electron chi connectivity index (χ2n) is 3.27. The molecule has 0 radical (unpaired) electrons. The fraction of sp³-hybridized carbons (Fsp3) is 0. The summed E-state index contributed by atoms with van der Waals surface area (Å²) in [6.45, 7) is 0. The first kappa shape index (κ1) is 12.3. The van der Waals surface area contributed by atoms with E-state index >= 15 is 0 Å². The standard InChI is InChI=1S/C12H7BrIN3/c13-10-5-4-8(6-11(10)14)16-12-3-1-2-9(7-15)17-12/h1-6H,(H,16,17). The molecule has 0 aliphatic rings. The Morgan fingerprint density at radius 2 is 2.12 bits per heavy atom. The number of nitriles is 1. The number of nitrogens with zero attached hydrogens (tertiary/aromatic N) is 2. The lowest BCUT2D eigenvalue weighted by molar-refractivity contribution is 1.25. The molecule has 5 heteroatoms. The van der Waals surface area contributed by atoms with Crippen molar-refractivity contribution in [1.82, 2.24) is 4.98 Å². The Hall–Kier alpha value is -1.13. The third-order valence-electron chi connectivity index (χ3n) is 2.06. The van der Waals surface area contributed by atoms with Crippen LogP contribution >= 0.6 is 38.5 Å². The highest BCUT2D eigenvalue weighted by Gasteiger charge is 2.00. The number of halogens is 2. The SMILES string of the molecule is N#Cc1cccc(Nc2ccc(Br)c(I)c2)n1. The molecular formula is C12H7BrIN3. The summed E-state index contributed by atoms with van der Waals surface area (Å²) in [5, 5.41) is 11.9. The molecule has 0 aliphatic carbocycles. The minimum absolute atomic E-state index is 0.404. The van der Waals surface area contributed by atoms with Gasteiger partial charge in [-0.05, 0) is 68.9 Å². The van der Waals surface area contributed by atoms with Crippen LogP contribution in [0.1, 0.15) is 5.69 Å². The summed E-state index contributed by atoms with van der Waals surface area (Å²) in [6.07, 6.45) is 0. The zero-order valence-electron chi connectivity index (χ0n) is 8.61. The van der Waals surface area contributed by atoms with Crippen molar-refractivity contribution in [2.75, 3.05) is 5.32 Å². The molecular weight excluding hydrogens is 393 g/mol. The minimum atomic E-state index is 0.404. The van der Waals surface area contributed by atoms with Crippen LogP contribution in [0.5, 0.6) is 0 Å². The van der Waals surface area contributed by atoms with E-state index < -0.39 is 0 Å². The largest absolute Gasteiger partial charge is 0.340 e. The zero-order chi connectivity index (χ0) is 12.3. The van der Waals surface area contributed by atoms with Crippen LogP contribution in [0.3, 0.4) is 0 Å². The van der Waals surface area contributed by atoms with Crippen LogP contribution in [-0.4, -0.2) is 4.98 Å². The van der Waals surface area contributed by atoms with E-state index in [2.05, 4.69) is 48.8 Å². The molecule has 0 spiro atoms. The molecule has 0 amide bonds. The topological polar surface area (TPSA) is 48.7 Å². The van der Waals surface area contributed by atoms with Crippen molar-refractivity contribution in [2.45, 2.75) is 0 Å². The van der Waals surface area contributed by atoms with Crippen LogP contribution in [0.2, 0.25) is 0 Å². The van der Waals surface area contributed by atoms with Gasteiger partial charge in [0, 0.05) is 13.7 Å². The summed E-state index contributed by atoms with van der Waals surface area (Å²) < 4.78 is 2.17. The predicted octanol–water partition coefficient (Wildman–Crippen LogP) is 4.06. The lowest BCUT2D eigenvalue weighted by atomic mass is 10.3. The first-order chi connectivity index (χ1) is 8.19. The summed E-state index contributed by atoms with van der Waals surface area (Å²) >= 11 is 5.69. The number of hydrogen-bond acceptors (Lipinski definition) is 3. The zero-order valence-corrected chi connectivity index (χ0v) is 12.4. The number of rotatable bonds is 2. The van der Waals surface area contributed by atoms with Crippen LogP contribution in [-0.2, 0) is 0 Å². The molecule has 1 N–H and O–H groups in total. The minimum Gasteiger partial charge on any atom is -0.340 e. The van der Waals surface area contributed by atoms with Gasteiger partial charge in [0.05, 0.1) is 0 Å². The van der Waals surface area contributed by atoms with Crippen molar-refractivity contribution in [1.29, 1.82) is 5.26 Å². The van der Waals surface area contributed by atoms with Gasteiger partial charge in [0.1, 0.15) is 17.6 Å². The normalized spacial score (nSPS) is 9.71. The molecule has 3 nitrogen and oxygen atoms in total. The molecule has 84 valence electrons. The average Bonchev–Trinajstić information content (AvgIpc) is 2.34. The van der Waals surface area contributed by atoms with Gasteiger partial charge in [-0.2, -0.15) is 5.26 Å². The molecule has 17 heavy (non-hydrogen) atoms. The Morgan fingerprint density at radius 3 is 2.82 bits per heavy atom. The Balaban J connectivity index is 2.25. The number of aromatic nitrogens is 1. The van der Waals surface area contributed by atoms with Crippen molar-refractivity contribution in [3.05, 3.63) is 50.1 Å². The quantitative estimate of drug-likeness (QED) is 0.774. The summed E-state index contributed by atoms with van der Waals surface area (Å²) in [7, 11) is 0. The van der Waals surface area contributed by atoms with E-state index in [1.165, 1.54) is 0 Å². The predicted molar refractivity (Wildman–Crippen MR) is 79.1 cm³/mol. The second-order valence-corrected chi connectivity index (χ2v) is 5.29. The van der Waals surface area contributed by atoms with Gasteiger partial charge in [0.15, 0.2) is 0 Å². The van der Waals surface area contributed by atoms with Crippen LogP contribution in [0.15, 0.2) is 40.9 Å². The number of anilines is 2. The number of pyridine rings is 1. The maximum atomic E-state index is 8.76. The van der Waals surface area contributed by atoms with Gasteiger partial charge in [0.2, 0.25) is 0 Å². The van der Waals surface area contributed by atoms with Crippen molar-refractivity contribution in [2.24, 2.45) is 0 Å². The van der Waals surface area contributed by atoms with Gasteiger partial charge in [-0.15, -0.1) is 0 Å². The van der Waals surface area contributed by atoms with E-state index in [1.807, 2.05) is 30.3 Å². The van der Waals surface area contributed by atoms with E-state index in [4.69, 9.17) is 5.26 Å². The molecule has 2 aromatic rings. The van der Waals surface area contributed by atoms with Crippen molar-refractivity contribution >= 4 is 50.0 Å². The molecule has 1 aromatic carbocycles. The number of nitrogens with one attached hydrogen (secondary N) is 1. The lowest BCUT2D eigenvalue weighted by Gasteiger charge is -2.06. The van der Waals surface area contributed by atoms with Gasteiger partial charge >= 0.3 is 0 Å². The van der Waals surface area contributed by atoms with Crippen molar-refractivity contribution < 1.29 is 0 Å². The van der Waals surface area contributed by atoms with E-state index in [0.717, 1.165) is 13.7 Å². The highest BCUT2D eigenvalue weighted by Crippen LogP contribution is 2.24. The smallest absolute Gasteiger partial charge is 0.142 e. The molecule has 0 fully saturated rings. The van der Waals surface area contributed by atoms with Crippen molar-refractivity contribution in [3.63, 3.8) is 0 Å². The lowest BCUT2D eigenvalue weighted by Crippen LogP contribution is -1.95. The highest BCUT2D eigenvalue weighted by atomic mass is 127. The molecule has 1 aromatic heterocycles. The van der Waals surface area contributed by atoms with Crippen LogP contribution in [0.4, 0.5) is 11.5 Å². The third kappa shape index (κ3) is 3.17. The van der Waals surface area contributed by atoms with E-state index in [9.17, 15) is 0 Å². The molecule has 0 aliphatic heterocycles.